The van der Waals surface area contributed by atoms with Crippen molar-refractivity contribution in [1.29, 1.82) is 0 Å². The first-order valence-corrected chi connectivity index (χ1v) is 10.8. The molecule has 4 aliphatic carbocycles. The van der Waals surface area contributed by atoms with Gasteiger partial charge in [0.15, 0.2) is 0 Å². The normalized spacial score (nSPS) is 42.6. The minimum absolute atomic E-state index is 0. The predicted molar refractivity (Wildman–Crippen MR) is 111 cm³/mol. The maximum atomic E-state index is 14.1. The summed E-state index contributed by atoms with van der Waals surface area (Å²) in [6, 6.07) is 0. The first-order chi connectivity index (χ1) is 13.3. The molecule has 0 saturated heterocycles. The average molecular weight is 431 g/mol. The number of hydrogen-bond donors (Lipinski definition) is 1. The smallest absolute Gasteiger partial charge is 0.269 e. The van der Waals surface area contributed by atoms with Crippen LogP contribution in [-0.2, 0) is 9.63 Å². The molecule has 0 aromatic carbocycles. The van der Waals surface area contributed by atoms with Crippen LogP contribution in [0.15, 0.2) is 16.8 Å². The zero-order chi connectivity index (χ0) is 20.1. The second-order valence-corrected chi connectivity index (χ2v) is 9.83. The van der Waals surface area contributed by atoms with Crippen LogP contribution in [0.1, 0.15) is 65.2 Å². The van der Waals surface area contributed by atoms with E-state index in [1.165, 1.54) is 0 Å². The van der Waals surface area contributed by atoms with E-state index in [-0.39, 0.29) is 41.0 Å². The van der Waals surface area contributed by atoms with Crippen molar-refractivity contribution in [2.45, 2.75) is 65.2 Å². The molecule has 4 aliphatic rings. The van der Waals surface area contributed by atoms with Crippen molar-refractivity contribution in [3.8, 4) is 0 Å². The predicted octanol–water partition coefficient (Wildman–Crippen LogP) is 5.11. The number of hydrogen-bond acceptors (Lipinski definition) is 4. The minimum Gasteiger partial charge on any atom is -0.395 e. The van der Waals surface area contributed by atoms with Gasteiger partial charge in [-0.2, -0.15) is 8.78 Å². The fourth-order valence-electron chi connectivity index (χ4n) is 7.16. The van der Waals surface area contributed by atoms with E-state index in [1.807, 2.05) is 0 Å². The summed E-state index contributed by atoms with van der Waals surface area (Å²) in [6.45, 7) is 5.05. The Morgan fingerprint density at radius 3 is 2.62 bits per heavy atom. The maximum Gasteiger partial charge on any atom is 0.269 e. The fraction of sp³-hybridized carbons (Fsp3) is 0.818. The van der Waals surface area contributed by atoms with E-state index in [0.29, 0.717) is 49.7 Å². The van der Waals surface area contributed by atoms with Crippen LogP contribution in [0.5, 0.6) is 0 Å². The first-order valence-electron chi connectivity index (χ1n) is 10.8. The van der Waals surface area contributed by atoms with Crippen LogP contribution in [0.2, 0.25) is 0 Å². The van der Waals surface area contributed by atoms with Gasteiger partial charge >= 0.3 is 0 Å². The standard InChI is InChI=1S/C22H32F2N2O2.ClH/c1-21-7-5-13(26-28-10-9-25)11-18(21)15(20(23)24)12-14-16-3-4-19(27)22(16,2)8-6-17(14)21;/h14,16-18H,3-12,25H2,1-2H3;1H/t14-,16-,17+,18?,21+,22-;/m0./s1. The van der Waals surface area contributed by atoms with E-state index in [0.717, 1.165) is 37.8 Å². The average Bonchev–Trinajstić information content (AvgIpc) is 2.96. The van der Waals surface area contributed by atoms with E-state index in [2.05, 4.69) is 19.0 Å². The zero-order valence-corrected chi connectivity index (χ0v) is 18.2. The van der Waals surface area contributed by atoms with Gasteiger partial charge in [-0.05, 0) is 79.6 Å². The van der Waals surface area contributed by atoms with Crippen molar-refractivity contribution >= 4 is 23.9 Å². The monoisotopic (exact) mass is 430 g/mol. The second-order valence-electron chi connectivity index (χ2n) is 9.83. The third-order valence-electron chi connectivity index (χ3n) is 8.70. The molecule has 4 rings (SSSR count). The molecule has 0 aromatic rings. The summed E-state index contributed by atoms with van der Waals surface area (Å²) < 4.78 is 28.2. The van der Waals surface area contributed by atoms with Crippen LogP contribution in [0.4, 0.5) is 8.78 Å². The molecule has 0 spiro atoms. The highest BCUT2D eigenvalue weighted by molar-refractivity contribution is 5.87. The molecule has 7 heteroatoms. The zero-order valence-electron chi connectivity index (χ0n) is 17.4. The van der Waals surface area contributed by atoms with Gasteiger partial charge in [-0.3, -0.25) is 4.79 Å². The van der Waals surface area contributed by atoms with E-state index in [1.54, 1.807) is 0 Å². The Hall–Kier alpha value is -1.01. The summed E-state index contributed by atoms with van der Waals surface area (Å²) in [5.41, 5.74) is 6.20. The van der Waals surface area contributed by atoms with Crippen LogP contribution in [-0.4, -0.2) is 24.6 Å². The SMILES string of the molecule is C[C@]12CCC(=NOCCN)CC1C(=C(F)F)C[C@@H]1[C@H]2CC[C@]2(C)C(=O)CC[C@@H]12.Cl. The molecule has 4 fully saturated rings. The van der Waals surface area contributed by atoms with Crippen molar-refractivity contribution in [1.82, 2.24) is 0 Å². The Labute approximate surface area is 178 Å². The number of halogens is 3. The Kier molecular flexibility index (Phi) is 6.45. The van der Waals surface area contributed by atoms with Gasteiger partial charge < -0.3 is 10.6 Å². The van der Waals surface area contributed by atoms with E-state index >= 15 is 0 Å². The highest BCUT2D eigenvalue weighted by atomic mass is 35.5. The van der Waals surface area contributed by atoms with Crippen molar-refractivity contribution in [3.05, 3.63) is 11.7 Å². The summed E-state index contributed by atoms with van der Waals surface area (Å²) in [6.07, 6.45) is 4.52. The summed E-state index contributed by atoms with van der Waals surface area (Å²) in [5.74, 6) is 1.05. The number of rotatable bonds is 3. The molecule has 1 unspecified atom stereocenters. The van der Waals surface area contributed by atoms with Crippen LogP contribution < -0.4 is 5.73 Å². The van der Waals surface area contributed by atoms with Gasteiger partial charge in [-0.15, -0.1) is 12.4 Å². The molecule has 0 amide bonds. The highest BCUT2D eigenvalue weighted by Gasteiger charge is 2.61. The molecule has 4 saturated carbocycles. The van der Waals surface area contributed by atoms with Gasteiger partial charge in [0.05, 0.1) is 5.71 Å². The molecule has 0 aliphatic heterocycles. The summed E-state index contributed by atoms with van der Waals surface area (Å²) >= 11 is 0. The van der Waals surface area contributed by atoms with Crippen molar-refractivity contribution in [2.24, 2.45) is 45.4 Å². The Bertz CT molecular complexity index is 724. The van der Waals surface area contributed by atoms with Crippen molar-refractivity contribution < 1.29 is 18.4 Å². The summed E-state index contributed by atoms with van der Waals surface area (Å²) in [5, 5.41) is 4.19. The molecule has 2 N–H and O–H groups in total. The van der Waals surface area contributed by atoms with Crippen LogP contribution in [0.3, 0.4) is 0 Å². The van der Waals surface area contributed by atoms with Gasteiger partial charge in [0.2, 0.25) is 0 Å². The van der Waals surface area contributed by atoms with Gasteiger partial charge in [0, 0.05) is 18.4 Å². The van der Waals surface area contributed by atoms with Gasteiger partial charge in [0.1, 0.15) is 12.4 Å². The number of Topliss-reactive ketones (excluding diaryl/α,β-unsaturated/α-hetero) is 1. The van der Waals surface area contributed by atoms with Crippen LogP contribution in [0, 0.1) is 34.5 Å². The largest absolute Gasteiger partial charge is 0.395 e. The fourth-order valence-corrected chi connectivity index (χ4v) is 7.16. The Morgan fingerprint density at radius 2 is 1.93 bits per heavy atom. The Balaban J connectivity index is 0.00000240. The third kappa shape index (κ3) is 3.54. The molecule has 164 valence electrons. The van der Waals surface area contributed by atoms with Crippen molar-refractivity contribution in [3.63, 3.8) is 0 Å². The van der Waals surface area contributed by atoms with E-state index < -0.39 is 6.08 Å². The maximum absolute atomic E-state index is 14.1. The van der Waals surface area contributed by atoms with E-state index in [9.17, 15) is 13.6 Å². The third-order valence-corrected chi connectivity index (χ3v) is 8.70. The molecule has 29 heavy (non-hydrogen) atoms. The lowest BCUT2D eigenvalue weighted by Crippen LogP contribution is -2.54. The number of carbonyl (C=O) groups is 1. The quantitative estimate of drug-likeness (QED) is 0.499. The van der Waals surface area contributed by atoms with Crippen LogP contribution >= 0.6 is 12.4 Å². The van der Waals surface area contributed by atoms with Gasteiger partial charge in [-0.25, -0.2) is 0 Å². The lowest BCUT2D eigenvalue weighted by molar-refractivity contribution is -0.134. The second kappa shape index (κ2) is 8.26. The molecule has 0 bridgehead atoms. The molecule has 0 heterocycles. The number of fused-ring (bicyclic) bond motifs is 5. The first kappa shape index (κ1) is 22.7. The van der Waals surface area contributed by atoms with Crippen molar-refractivity contribution in [2.75, 3.05) is 13.2 Å². The molecular weight excluding hydrogens is 398 g/mol. The number of oxime groups is 1. The lowest BCUT2D eigenvalue weighted by Gasteiger charge is -2.59. The molecule has 0 radical (unpaired) electrons. The summed E-state index contributed by atoms with van der Waals surface area (Å²) in [7, 11) is 0. The van der Waals surface area contributed by atoms with Gasteiger partial charge in [-0.1, -0.05) is 19.0 Å². The number of allylic oxidation sites excluding steroid dienone is 1. The Morgan fingerprint density at radius 1 is 1.17 bits per heavy atom. The number of nitrogens with two attached hydrogens (primary N) is 1. The number of carbonyl (C=O) groups excluding carboxylic acids is 1. The lowest BCUT2D eigenvalue weighted by atomic mass is 9.44. The summed E-state index contributed by atoms with van der Waals surface area (Å²) in [4.78, 5) is 17.8. The molecule has 6 atom stereocenters. The minimum atomic E-state index is -1.52. The highest BCUT2D eigenvalue weighted by Crippen LogP contribution is 2.66. The molecular formula is C22H33ClF2N2O2. The number of nitrogens with zero attached hydrogens (tertiary/aromatic N) is 1. The molecule has 0 aromatic heterocycles. The van der Waals surface area contributed by atoms with Gasteiger partial charge in [0.25, 0.3) is 6.08 Å². The topological polar surface area (TPSA) is 64.7 Å². The number of ketones is 1. The molecule has 4 nitrogen and oxygen atoms in total. The van der Waals surface area contributed by atoms with Crippen LogP contribution in [0.25, 0.3) is 0 Å². The van der Waals surface area contributed by atoms with E-state index in [4.69, 9.17) is 10.6 Å².